The normalized spacial score (nSPS) is 10.6. The molecule has 0 aliphatic rings. The quantitative estimate of drug-likeness (QED) is 0.879. The third-order valence-electron chi connectivity index (χ3n) is 2.72. The molecule has 0 unspecified atom stereocenters. The number of ether oxygens (including phenoxy) is 1. The van der Waals surface area contributed by atoms with E-state index >= 15 is 0 Å². The molecule has 4 nitrogen and oxygen atoms in total. The number of hydrogen-bond donors (Lipinski definition) is 1. The van der Waals surface area contributed by atoms with Crippen molar-refractivity contribution in [1.82, 2.24) is 9.97 Å². The van der Waals surface area contributed by atoms with E-state index in [0.717, 1.165) is 6.54 Å². The van der Waals surface area contributed by atoms with Crippen molar-refractivity contribution in [3.05, 3.63) is 42.0 Å². The zero-order valence-corrected chi connectivity index (χ0v) is 11.7. The first-order valence-electron chi connectivity index (χ1n) is 6.69. The van der Waals surface area contributed by atoms with Crippen molar-refractivity contribution in [1.29, 1.82) is 0 Å². The van der Waals surface area contributed by atoms with Gasteiger partial charge in [0.25, 0.3) is 0 Å². The highest BCUT2D eigenvalue weighted by Gasteiger charge is 2.10. The van der Waals surface area contributed by atoms with Gasteiger partial charge in [-0.05, 0) is 26.0 Å². The number of nitrogens with zero attached hydrogens (tertiary/aromatic N) is 2. The van der Waals surface area contributed by atoms with Crippen LogP contribution in [-0.2, 0) is 11.3 Å². The molecular formula is C15H18FN3O. The molecule has 0 saturated carbocycles. The molecule has 0 atom stereocenters. The SMILES string of the molecule is CCNc1cc(-c2ccccc2F)nc(COCC)n1. The Labute approximate surface area is 118 Å². The summed E-state index contributed by atoms with van der Waals surface area (Å²) in [5.41, 5.74) is 1.02. The van der Waals surface area contributed by atoms with Gasteiger partial charge in [0.15, 0.2) is 5.82 Å². The number of anilines is 1. The van der Waals surface area contributed by atoms with E-state index in [2.05, 4.69) is 15.3 Å². The Bertz CT molecular complexity index is 575. The van der Waals surface area contributed by atoms with Crippen LogP contribution in [0.1, 0.15) is 19.7 Å². The van der Waals surface area contributed by atoms with Crippen molar-refractivity contribution in [3.8, 4) is 11.3 Å². The number of halogens is 1. The van der Waals surface area contributed by atoms with Gasteiger partial charge in [-0.3, -0.25) is 0 Å². The zero-order valence-electron chi connectivity index (χ0n) is 11.7. The predicted molar refractivity (Wildman–Crippen MR) is 76.9 cm³/mol. The Balaban J connectivity index is 2.40. The number of aromatic nitrogens is 2. The lowest BCUT2D eigenvalue weighted by Gasteiger charge is -2.09. The van der Waals surface area contributed by atoms with Crippen LogP contribution in [0.3, 0.4) is 0 Å². The first-order chi connectivity index (χ1) is 9.74. The standard InChI is InChI=1S/C15H18FN3O/c1-3-17-14-9-13(11-7-5-6-8-12(11)16)18-15(19-14)10-20-4-2/h5-9H,3-4,10H2,1-2H3,(H,17,18,19). The molecule has 0 spiro atoms. The molecule has 1 aromatic carbocycles. The van der Waals surface area contributed by atoms with E-state index in [1.54, 1.807) is 24.3 Å². The molecule has 0 saturated heterocycles. The van der Waals surface area contributed by atoms with Gasteiger partial charge in [0.2, 0.25) is 0 Å². The van der Waals surface area contributed by atoms with Crippen molar-refractivity contribution in [2.45, 2.75) is 20.5 Å². The number of benzene rings is 1. The lowest BCUT2D eigenvalue weighted by molar-refractivity contribution is 0.128. The molecule has 1 heterocycles. The van der Waals surface area contributed by atoms with Crippen LogP contribution in [0.2, 0.25) is 0 Å². The van der Waals surface area contributed by atoms with E-state index in [-0.39, 0.29) is 5.82 Å². The Morgan fingerprint density at radius 2 is 2.00 bits per heavy atom. The molecule has 0 bridgehead atoms. The minimum atomic E-state index is -0.295. The van der Waals surface area contributed by atoms with Crippen LogP contribution in [-0.4, -0.2) is 23.1 Å². The lowest BCUT2D eigenvalue weighted by atomic mass is 10.1. The van der Waals surface area contributed by atoms with Gasteiger partial charge in [-0.25, -0.2) is 14.4 Å². The maximum atomic E-state index is 13.9. The first-order valence-corrected chi connectivity index (χ1v) is 6.69. The monoisotopic (exact) mass is 275 g/mol. The predicted octanol–water partition coefficient (Wildman–Crippen LogP) is 3.25. The van der Waals surface area contributed by atoms with Gasteiger partial charge in [-0.2, -0.15) is 0 Å². The smallest absolute Gasteiger partial charge is 0.157 e. The second-order valence-corrected chi connectivity index (χ2v) is 4.20. The van der Waals surface area contributed by atoms with Crippen molar-refractivity contribution >= 4 is 5.82 Å². The van der Waals surface area contributed by atoms with Crippen molar-refractivity contribution in [2.75, 3.05) is 18.5 Å². The van der Waals surface area contributed by atoms with Crippen LogP contribution < -0.4 is 5.32 Å². The van der Waals surface area contributed by atoms with Crippen LogP contribution in [0, 0.1) is 5.82 Å². The van der Waals surface area contributed by atoms with E-state index in [4.69, 9.17) is 4.74 Å². The van der Waals surface area contributed by atoms with Crippen LogP contribution in [0.15, 0.2) is 30.3 Å². The number of hydrogen-bond acceptors (Lipinski definition) is 4. The summed E-state index contributed by atoms with van der Waals surface area (Å²) in [4.78, 5) is 8.71. The van der Waals surface area contributed by atoms with Crippen LogP contribution in [0.25, 0.3) is 11.3 Å². The Hall–Kier alpha value is -2.01. The van der Waals surface area contributed by atoms with E-state index in [9.17, 15) is 4.39 Å². The summed E-state index contributed by atoms with van der Waals surface area (Å²) < 4.78 is 19.2. The van der Waals surface area contributed by atoms with Crippen LogP contribution in [0.5, 0.6) is 0 Å². The van der Waals surface area contributed by atoms with Gasteiger partial charge in [0.1, 0.15) is 18.2 Å². The molecule has 106 valence electrons. The number of nitrogens with one attached hydrogen (secondary N) is 1. The first kappa shape index (κ1) is 14.4. The van der Waals surface area contributed by atoms with Crippen LogP contribution in [0.4, 0.5) is 10.2 Å². The van der Waals surface area contributed by atoms with Crippen molar-refractivity contribution in [2.24, 2.45) is 0 Å². The average Bonchev–Trinajstić information content (AvgIpc) is 2.46. The van der Waals surface area contributed by atoms with Crippen molar-refractivity contribution < 1.29 is 9.13 Å². The van der Waals surface area contributed by atoms with Gasteiger partial charge in [0, 0.05) is 24.8 Å². The molecule has 2 aromatic rings. The van der Waals surface area contributed by atoms with E-state index in [1.165, 1.54) is 6.07 Å². The fraction of sp³-hybridized carbons (Fsp3) is 0.333. The molecular weight excluding hydrogens is 257 g/mol. The average molecular weight is 275 g/mol. The molecule has 5 heteroatoms. The minimum Gasteiger partial charge on any atom is -0.374 e. The van der Waals surface area contributed by atoms with E-state index < -0.39 is 0 Å². The van der Waals surface area contributed by atoms with Crippen LogP contribution >= 0.6 is 0 Å². The third kappa shape index (κ3) is 3.51. The highest BCUT2D eigenvalue weighted by Crippen LogP contribution is 2.22. The van der Waals surface area contributed by atoms with E-state index in [1.807, 2.05) is 13.8 Å². The molecule has 20 heavy (non-hydrogen) atoms. The maximum absolute atomic E-state index is 13.9. The molecule has 0 aliphatic carbocycles. The summed E-state index contributed by atoms with van der Waals surface area (Å²) in [7, 11) is 0. The third-order valence-corrected chi connectivity index (χ3v) is 2.72. The molecule has 1 aromatic heterocycles. The largest absolute Gasteiger partial charge is 0.374 e. The minimum absolute atomic E-state index is 0.295. The summed E-state index contributed by atoms with van der Waals surface area (Å²) in [6.07, 6.45) is 0. The fourth-order valence-electron chi connectivity index (χ4n) is 1.83. The van der Waals surface area contributed by atoms with Gasteiger partial charge >= 0.3 is 0 Å². The summed E-state index contributed by atoms with van der Waals surface area (Å²) in [6.45, 7) is 5.53. The summed E-state index contributed by atoms with van der Waals surface area (Å²) >= 11 is 0. The summed E-state index contributed by atoms with van der Waals surface area (Å²) in [5, 5.41) is 3.12. The molecule has 1 N–H and O–H groups in total. The van der Waals surface area contributed by atoms with Gasteiger partial charge in [-0.1, -0.05) is 12.1 Å². The lowest BCUT2D eigenvalue weighted by Crippen LogP contribution is -2.06. The fourth-order valence-corrected chi connectivity index (χ4v) is 1.83. The maximum Gasteiger partial charge on any atom is 0.157 e. The molecule has 0 aliphatic heterocycles. The Morgan fingerprint density at radius 1 is 1.20 bits per heavy atom. The molecule has 2 rings (SSSR count). The zero-order chi connectivity index (χ0) is 14.4. The summed E-state index contributed by atoms with van der Waals surface area (Å²) in [5.74, 6) is 0.926. The highest BCUT2D eigenvalue weighted by molar-refractivity contribution is 5.63. The topological polar surface area (TPSA) is 47.0 Å². The van der Waals surface area contributed by atoms with Gasteiger partial charge < -0.3 is 10.1 Å². The Morgan fingerprint density at radius 3 is 2.70 bits per heavy atom. The number of rotatable bonds is 6. The van der Waals surface area contributed by atoms with Gasteiger partial charge in [0.05, 0.1) is 5.69 Å². The Kier molecular flexibility index (Phi) is 5.01. The highest BCUT2D eigenvalue weighted by atomic mass is 19.1. The molecule has 0 amide bonds. The summed E-state index contributed by atoms with van der Waals surface area (Å²) in [6, 6.07) is 8.32. The molecule has 0 radical (unpaired) electrons. The van der Waals surface area contributed by atoms with Crippen molar-refractivity contribution in [3.63, 3.8) is 0 Å². The van der Waals surface area contributed by atoms with E-state index in [0.29, 0.717) is 36.1 Å². The molecule has 0 fully saturated rings. The second kappa shape index (κ2) is 6.96. The second-order valence-electron chi connectivity index (χ2n) is 4.20. The van der Waals surface area contributed by atoms with Gasteiger partial charge in [-0.15, -0.1) is 0 Å².